The summed E-state index contributed by atoms with van der Waals surface area (Å²) in [6, 6.07) is 11.6. The molecule has 0 aliphatic heterocycles. The number of benzene rings is 2. The molecule has 0 radical (unpaired) electrons. The number of aliphatic hydroxyl groups excluding tert-OH is 1. The molecule has 7 heteroatoms. The average molecular weight is 365 g/mol. The summed E-state index contributed by atoms with van der Waals surface area (Å²) in [6.07, 6.45) is -0.171. The van der Waals surface area contributed by atoms with Gasteiger partial charge in [0.15, 0.2) is 11.5 Å². The fraction of sp³-hybridized carbons (Fsp3) is 0.333. The number of hydrogen-bond acceptors (Lipinski definition) is 5. The Morgan fingerprint density at radius 2 is 1.68 bits per heavy atom. The Morgan fingerprint density at radius 3 is 2.24 bits per heavy atom. The topological polar surface area (TPSA) is 84.9 Å². The third-order valence-electron chi connectivity index (χ3n) is 3.90. The Balaban J connectivity index is 2.08. The first kappa shape index (κ1) is 19.2. The second-order valence-corrected chi connectivity index (χ2v) is 7.25. The van der Waals surface area contributed by atoms with Crippen molar-refractivity contribution in [3.63, 3.8) is 0 Å². The number of rotatable bonds is 8. The second kappa shape index (κ2) is 8.33. The first-order valence-electron chi connectivity index (χ1n) is 7.90. The minimum atomic E-state index is -3.68. The number of aryl methyl sites for hydroxylation is 1. The molecule has 1 unspecified atom stereocenters. The van der Waals surface area contributed by atoms with Crippen LogP contribution in [0.1, 0.15) is 24.2 Å². The van der Waals surface area contributed by atoms with Crippen LogP contribution in [0.2, 0.25) is 0 Å². The molecule has 0 spiro atoms. The Bertz CT molecular complexity index is 803. The molecule has 136 valence electrons. The lowest BCUT2D eigenvalue weighted by Crippen LogP contribution is -2.28. The Kier molecular flexibility index (Phi) is 6.41. The van der Waals surface area contributed by atoms with Crippen molar-refractivity contribution in [3.05, 3.63) is 53.6 Å². The molecule has 2 aromatic carbocycles. The van der Waals surface area contributed by atoms with E-state index in [4.69, 9.17) is 9.47 Å². The van der Waals surface area contributed by atoms with Crippen molar-refractivity contribution in [1.82, 2.24) is 4.72 Å². The Hall–Kier alpha value is -2.09. The van der Waals surface area contributed by atoms with Gasteiger partial charge in [-0.1, -0.05) is 25.1 Å². The van der Waals surface area contributed by atoms with Crippen molar-refractivity contribution >= 4 is 10.0 Å². The van der Waals surface area contributed by atoms with Gasteiger partial charge in [0.25, 0.3) is 0 Å². The lowest BCUT2D eigenvalue weighted by Gasteiger charge is -2.15. The summed E-state index contributed by atoms with van der Waals surface area (Å²) in [7, 11) is -0.666. The van der Waals surface area contributed by atoms with E-state index in [1.807, 2.05) is 6.92 Å². The van der Waals surface area contributed by atoms with Crippen molar-refractivity contribution in [2.75, 3.05) is 20.8 Å². The number of ether oxygens (including phenoxy) is 2. The smallest absolute Gasteiger partial charge is 0.240 e. The fourth-order valence-electron chi connectivity index (χ4n) is 2.35. The van der Waals surface area contributed by atoms with E-state index in [1.165, 1.54) is 14.2 Å². The highest BCUT2D eigenvalue weighted by Gasteiger charge is 2.18. The molecule has 0 fully saturated rings. The van der Waals surface area contributed by atoms with Crippen LogP contribution in [-0.2, 0) is 16.4 Å². The van der Waals surface area contributed by atoms with Crippen molar-refractivity contribution in [1.29, 1.82) is 0 Å². The zero-order valence-corrected chi connectivity index (χ0v) is 15.3. The third-order valence-corrected chi connectivity index (χ3v) is 5.34. The van der Waals surface area contributed by atoms with Crippen molar-refractivity contribution in [3.8, 4) is 11.5 Å². The van der Waals surface area contributed by atoms with Crippen LogP contribution in [0.3, 0.4) is 0 Å². The average Bonchev–Trinajstić information content (AvgIpc) is 2.65. The molecule has 25 heavy (non-hydrogen) atoms. The highest BCUT2D eigenvalue weighted by molar-refractivity contribution is 7.89. The minimum Gasteiger partial charge on any atom is -0.493 e. The molecule has 0 aliphatic rings. The van der Waals surface area contributed by atoms with Gasteiger partial charge in [0, 0.05) is 6.54 Å². The van der Waals surface area contributed by atoms with Gasteiger partial charge >= 0.3 is 0 Å². The third kappa shape index (κ3) is 4.72. The molecule has 2 aromatic rings. The standard InChI is InChI=1S/C18H23NO5S/c1-4-13-5-8-15(9-6-13)25(21,22)19-12-16(20)14-7-10-17(23-2)18(11-14)24-3/h5-11,16,19-20H,4,12H2,1-3H3. The monoisotopic (exact) mass is 365 g/mol. The number of sulfonamides is 1. The maximum atomic E-state index is 12.3. The largest absolute Gasteiger partial charge is 0.493 e. The Labute approximate surface area is 148 Å². The van der Waals surface area contributed by atoms with Crippen molar-refractivity contribution < 1.29 is 23.0 Å². The summed E-state index contributed by atoms with van der Waals surface area (Å²) in [6.45, 7) is 1.86. The second-order valence-electron chi connectivity index (χ2n) is 5.48. The molecular weight excluding hydrogens is 342 g/mol. The van der Waals surface area contributed by atoms with Crippen LogP contribution >= 0.6 is 0 Å². The normalized spacial score (nSPS) is 12.6. The van der Waals surface area contributed by atoms with Gasteiger partial charge in [0.1, 0.15) is 0 Å². The van der Waals surface area contributed by atoms with Gasteiger partial charge in [-0.25, -0.2) is 13.1 Å². The molecule has 0 bridgehead atoms. The van der Waals surface area contributed by atoms with Gasteiger partial charge in [-0.3, -0.25) is 0 Å². The van der Waals surface area contributed by atoms with Gasteiger partial charge in [-0.15, -0.1) is 0 Å². The maximum Gasteiger partial charge on any atom is 0.240 e. The minimum absolute atomic E-state index is 0.145. The van der Waals surface area contributed by atoms with Crippen LogP contribution in [0.4, 0.5) is 0 Å². The molecule has 0 heterocycles. The summed E-state index contributed by atoms with van der Waals surface area (Å²) in [5.41, 5.74) is 1.59. The van der Waals surface area contributed by atoms with Gasteiger partial charge < -0.3 is 14.6 Å². The van der Waals surface area contributed by atoms with Crippen LogP contribution < -0.4 is 14.2 Å². The summed E-state index contributed by atoms with van der Waals surface area (Å²) in [4.78, 5) is 0.171. The van der Waals surface area contributed by atoms with E-state index in [-0.39, 0.29) is 11.4 Å². The molecule has 0 aliphatic carbocycles. The summed E-state index contributed by atoms with van der Waals surface area (Å²) in [5.74, 6) is 1.01. The van der Waals surface area contributed by atoms with Crippen molar-refractivity contribution in [2.45, 2.75) is 24.3 Å². The highest BCUT2D eigenvalue weighted by Crippen LogP contribution is 2.29. The molecule has 6 nitrogen and oxygen atoms in total. The zero-order chi connectivity index (χ0) is 18.4. The summed E-state index contributed by atoms with van der Waals surface area (Å²) >= 11 is 0. The van der Waals surface area contributed by atoms with E-state index in [2.05, 4.69) is 4.72 Å². The van der Waals surface area contributed by atoms with E-state index >= 15 is 0 Å². The van der Waals surface area contributed by atoms with Crippen LogP contribution in [0, 0.1) is 0 Å². The summed E-state index contributed by atoms with van der Waals surface area (Å²) in [5, 5.41) is 10.3. The lowest BCUT2D eigenvalue weighted by atomic mass is 10.1. The fourth-order valence-corrected chi connectivity index (χ4v) is 3.39. The first-order chi connectivity index (χ1) is 11.9. The zero-order valence-electron chi connectivity index (χ0n) is 14.5. The maximum absolute atomic E-state index is 12.3. The number of nitrogens with one attached hydrogen (secondary N) is 1. The van der Waals surface area contributed by atoms with Crippen LogP contribution in [0.25, 0.3) is 0 Å². The van der Waals surface area contributed by atoms with E-state index in [1.54, 1.807) is 42.5 Å². The molecule has 0 amide bonds. The van der Waals surface area contributed by atoms with E-state index in [0.717, 1.165) is 12.0 Å². The predicted octanol–water partition coefficient (Wildman–Crippen LogP) is 2.28. The molecule has 0 aromatic heterocycles. The quantitative estimate of drug-likeness (QED) is 0.750. The highest BCUT2D eigenvalue weighted by atomic mass is 32.2. The molecule has 1 atom stereocenters. The molecule has 0 saturated carbocycles. The van der Waals surface area contributed by atoms with Gasteiger partial charge in [-0.2, -0.15) is 0 Å². The van der Waals surface area contributed by atoms with E-state index in [0.29, 0.717) is 17.1 Å². The van der Waals surface area contributed by atoms with Gasteiger partial charge in [0.2, 0.25) is 10.0 Å². The SMILES string of the molecule is CCc1ccc(S(=O)(=O)NCC(O)c2ccc(OC)c(OC)c2)cc1. The predicted molar refractivity (Wildman–Crippen MR) is 95.5 cm³/mol. The van der Waals surface area contributed by atoms with E-state index < -0.39 is 16.1 Å². The molecule has 2 N–H and O–H groups in total. The number of methoxy groups -OCH3 is 2. The summed E-state index contributed by atoms with van der Waals surface area (Å²) < 4.78 is 37.4. The number of hydrogen-bond donors (Lipinski definition) is 2. The molecular formula is C18H23NO5S. The Morgan fingerprint density at radius 1 is 1.04 bits per heavy atom. The lowest BCUT2D eigenvalue weighted by molar-refractivity contribution is 0.181. The molecule has 0 saturated heterocycles. The van der Waals surface area contributed by atoms with Crippen LogP contribution in [0.5, 0.6) is 11.5 Å². The van der Waals surface area contributed by atoms with Crippen LogP contribution in [0.15, 0.2) is 47.4 Å². The van der Waals surface area contributed by atoms with Gasteiger partial charge in [-0.05, 0) is 41.8 Å². The van der Waals surface area contributed by atoms with Crippen LogP contribution in [-0.4, -0.2) is 34.3 Å². The number of aliphatic hydroxyl groups is 1. The van der Waals surface area contributed by atoms with Crippen molar-refractivity contribution in [2.24, 2.45) is 0 Å². The van der Waals surface area contributed by atoms with E-state index in [9.17, 15) is 13.5 Å². The first-order valence-corrected chi connectivity index (χ1v) is 9.38. The molecule has 2 rings (SSSR count). The van der Waals surface area contributed by atoms with Gasteiger partial charge in [0.05, 0.1) is 25.2 Å².